The van der Waals surface area contributed by atoms with Gasteiger partial charge >= 0.3 is 0 Å². The fourth-order valence-electron chi connectivity index (χ4n) is 1.79. The molecule has 0 unspecified atom stereocenters. The fraction of sp³-hybridized carbons (Fsp3) is 0.571. The highest BCUT2D eigenvalue weighted by atomic mass is 35.5. The lowest BCUT2D eigenvalue weighted by atomic mass is 10.0. The molecule has 21 heavy (non-hydrogen) atoms. The van der Waals surface area contributed by atoms with Gasteiger partial charge in [-0.05, 0) is 45.0 Å². The van der Waals surface area contributed by atoms with Gasteiger partial charge in [0.05, 0.1) is 9.92 Å². The van der Waals surface area contributed by atoms with Crippen LogP contribution in [0.15, 0.2) is 17.0 Å². The van der Waals surface area contributed by atoms with Crippen LogP contribution in [0.1, 0.15) is 32.8 Å². The van der Waals surface area contributed by atoms with Crippen molar-refractivity contribution in [1.82, 2.24) is 9.62 Å². The monoisotopic (exact) mass is 336 g/mol. The standard InChI is InChI=1S/C14H22ClFN2O2S/c1-6-14(2,3)18(5)21(19,20)11-7-10(9-17-4)13(15)12(16)8-11/h7-8,17H,6,9H2,1-5H3. The first kappa shape index (κ1) is 18.4. The molecule has 1 aromatic carbocycles. The van der Waals surface area contributed by atoms with E-state index in [1.54, 1.807) is 7.05 Å². The van der Waals surface area contributed by atoms with Crippen molar-refractivity contribution in [3.63, 3.8) is 0 Å². The van der Waals surface area contributed by atoms with E-state index in [0.717, 1.165) is 6.07 Å². The lowest BCUT2D eigenvalue weighted by Gasteiger charge is -2.33. The van der Waals surface area contributed by atoms with Crippen LogP contribution in [0.4, 0.5) is 4.39 Å². The van der Waals surface area contributed by atoms with E-state index >= 15 is 0 Å². The molecule has 0 bridgehead atoms. The van der Waals surface area contributed by atoms with Gasteiger partial charge in [-0.3, -0.25) is 0 Å². The zero-order valence-corrected chi connectivity index (χ0v) is 14.6. The van der Waals surface area contributed by atoms with Gasteiger partial charge in [0.25, 0.3) is 0 Å². The van der Waals surface area contributed by atoms with E-state index < -0.39 is 21.4 Å². The van der Waals surface area contributed by atoms with Crippen LogP contribution in [0.2, 0.25) is 5.02 Å². The highest BCUT2D eigenvalue weighted by Crippen LogP contribution is 2.29. The van der Waals surface area contributed by atoms with E-state index in [9.17, 15) is 12.8 Å². The maximum absolute atomic E-state index is 13.9. The summed E-state index contributed by atoms with van der Waals surface area (Å²) in [6.07, 6.45) is 0.641. The lowest BCUT2D eigenvalue weighted by molar-refractivity contribution is 0.257. The third-order valence-corrected chi connectivity index (χ3v) is 6.29. The predicted molar refractivity (Wildman–Crippen MR) is 83.5 cm³/mol. The second kappa shape index (κ2) is 6.60. The van der Waals surface area contributed by atoms with Crippen LogP contribution >= 0.6 is 11.6 Å². The molecule has 0 saturated heterocycles. The van der Waals surface area contributed by atoms with Gasteiger partial charge in [-0.25, -0.2) is 12.8 Å². The molecule has 1 aromatic rings. The minimum Gasteiger partial charge on any atom is -0.316 e. The van der Waals surface area contributed by atoms with Crippen molar-refractivity contribution in [3.8, 4) is 0 Å². The number of sulfonamides is 1. The summed E-state index contributed by atoms with van der Waals surface area (Å²) in [5.74, 6) is -0.731. The van der Waals surface area contributed by atoms with E-state index in [-0.39, 0.29) is 9.92 Å². The Bertz CT molecular complexity index is 618. The molecule has 7 heteroatoms. The maximum Gasteiger partial charge on any atom is 0.243 e. The Morgan fingerprint density at radius 1 is 1.38 bits per heavy atom. The molecule has 0 aliphatic heterocycles. The van der Waals surface area contributed by atoms with Crippen molar-refractivity contribution in [2.75, 3.05) is 14.1 Å². The molecule has 0 fully saturated rings. The Hall–Kier alpha value is -0.690. The molecule has 4 nitrogen and oxygen atoms in total. The number of hydrogen-bond donors (Lipinski definition) is 1. The van der Waals surface area contributed by atoms with Gasteiger partial charge in [0.2, 0.25) is 10.0 Å². The van der Waals surface area contributed by atoms with E-state index in [4.69, 9.17) is 11.6 Å². The van der Waals surface area contributed by atoms with E-state index in [2.05, 4.69) is 5.32 Å². The van der Waals surface area contributed by atoms with Gasteiger partial charge in [-0.2, -0.15) is 4.31 Å². The zero-order chi connectivity index (χ0) is 16.4. The van der Waals surface area contributed by atoms with E-state index in [1.165, 1.54) is 17.4 Å². The quantitative estimate of drug-likeness (QED) is 0.868. The van der Waals surface area contributed by atoms with Gasteiger partial charge in [-0.1, -0.05) is 18.5 Å². The summed E-state index contributed by atoms with van der Waals surface area (Å²) in [4.78, 5) is -0.0846. The van der Waals surface area contributed by atoms with Crippen LogP contribution in [0.3, 0.4) is 0 Å². The molecule has 0 aromatic heterocycles. The summed E-state index contributed by atoms with van der Waals surface area (Å²) in [6, 6.07) is 2.39. The minimum atomic E-state index is -3.78. The van der Waals surface area contributed by atoms with Crippen molar-refractivity contribution < 1.29 is 12.8 Å². The Morgan fingerprint density at radius 2 is 1.95 bits per heavy atom. The van der Waals surface area contributed by atoms with Crippen LogP contribution in [-0.4, -0.2) is 32.4 Å². The number of nitrogens with one attached hydrogen (secondary N) is 1. The molecule has 0 saturated carbocycles. The van der Waals surface area contributed by atoms with Crippen molar-refractivity contribution in [2.24, 2.45) is 0 Å². The molecule has 0 atom stereocenters. The summed E-state index contributed by atoms with van der Waals surface area (Å²) in [5, 5.41) is 2.79. The number of benzene rings is 1. The van der Waals surface area contributed by atoms with Gasteiger partial charge in [0.15, 0.2) is 0 Å². The molecule has 0 amide bonds. The average molecular weight is 337 g/mol. The third-order valence-electron chi connectivity index (χ3n) is 3.82. The van der Waals surface area contributed by atoms with Crippen molar-refractivity contribution >= 4 is 21.6 Å². The fourth-order valence-corrected chi connectivity index (χ4v) is 3.61. The summed E-state index contributed by atoms with van der Waals surface area (Å²) in [7, 11) is -0.597. The largest absolute Gasteiger partial charge is 0.316 e. The average Bonchev–Trinajstić information content (AvgIpc) is 2.42. The summed E-state index contributed by atoms with van der Waals surface area (Å²) in [6.45, 7) is 5.84. The molecule has 0 aliphatic rings. The van der Waals surface area contributed by atoms with Crippen LogP contribution in [0, 0.1) is 5.82 Å². The molecular formula is C14H22ClFN2O2S. The molecule has 0 radical (unpaired) electrons. The van der Waals surface area contributed by atoms with Crippen LogP contribution in [-0.2, 0) is 16.6 Å². The molecule has 1 rings (SSSR count). The first-order valence-electron chi connectivity index (χ1n) is 6.69. The smallest absolute Gasteiger partial charge is 0.243 e. The van der Waals surface area contributed by atoms with Gasteiger partial charge in [0, 0.05) is 19.1 Å². The molecule has 120 valence electrons. The molecule has 0 spiro atoms. The maximum atomic E-state index is 13.9. The second-order valence-electron chi connectivity index (χ2n) is 5.55. The topological polar surface area (TPSA) is 49.4 Å². The summed E-state index contributed by atoms with van der Waals surface area (Å²) in [5.41, 5.74) is -0.140. The Labute approximate surface area is 131 Å². The minimum absolute atomic E-state index is 0.0549. The zero-order valence-electron chi connectivity index (χ0n) is 13.0. The number of hydrogen-bond acceptors (Lipinski definition) is 3. The SMILES string of the molecule is CCC(C)(C)N(C)S(=O)(=O)c1cc(F)c(Cl)c(CNC)c1. The molecular weight excluding hydrogens is 315 g/mol. The van der Waals surface area contributed by atoms with Crippen LogP contribution in [0.25, 0.3) is 0 Å². The number of rotatable bonds is 6. The van der Waals surface area contributed by atoms with E-state index in [0.29, 0.717) is 18.5 Å². The van der Waals surface area contributed by atoms with Crippen molar-refractivity contribution in [3.05, 3.63) is 28.5 Å². The van der Waals surface area contributed by atoms with Crippen molar-refractivity contribution in [1.29, 1.82) is 0 Å². The van der Waals surface area contributed by atoms with Gasteiger partial charge in [-0.15, -0.1) is 0 Å². The second-order valence-corrected chi connectivity index (χ2v) is 7.89. The predicted octanol–water partition coefficient (Wildman–Crippen LogP) is 3.01. The number of nitrogens with zero attached hydrogens (tertiary/aromatic N) is 1. The normalized spacial score (nSPS) is 13.0. The van der Waals surface area contributed by atoms with Crippen molar-refractivity contribution in [2.45, 2.75) is 44.2 Å². The first-order chi connectivity index (χ1) is 9.57. The molecule has 0 heterocycles. The highest BCUT2D eigenvalue weighted by molar-refractivity contribution is 7.89. The molecule has 1 N–H and O–H groups in total. The van der Waals surface area contributed by atoms with Gasteiger partial charge in [0.1, 0.15) is 5.82 Å². The third kappa shape index (κ3) is 3.74. The summed E-state index contributed by atoms with van der Waals surface area (Å²) >= 11 is 5.87. The Morgan fingerprint density at radius 3 is 2.43 bits per heavy atom. The highest BCUT2D eigenvalue weighted by Gasteiger charge is 2.33. The molecule has 0 aliphatic carbocycles. The van der Waals surface area contributed by atoms with Crippen LogP contribution < -0.4 is 5.32 Å². The Balaban J connectivity index is 3.39. The Kier molecular flexibility index (Phi) is 5.77. The number of halogens is 2. The summed E-state index contributed by atoms with van der Waals surface area (Å²) < 4.78 is 40.5. The first-order valence-corrected chi connectivity index (χ1v) is 8.51. The lowest BCUT2D eigenvalue weighted by Crippen LogP contribution is -2.44. The van der Waals surface area contributed by atoms with E-state index in [1.807, 2.05) is 20.8 Å². The van der Waals surface area contributed by atoms with Gasteiger partial charge < -0.3 is 5.32 Å². The van der Waals surface area contributed by atoms with Crippen LogP contribution in [0.5, 0.6) is 0 Å².